The van der Waals surface area contributed by atoms with Crippen molar-refractivity contribution in [1.29, 1.82) is 0 Å². The summed E-state index contributed by atoms with van der Waals surface area (Å²) in [7, 11) is -1.94. The molecule has 106 valence electrons. The molecule has 0 aliphatic carbocycles. The summed E-state index contributed by atoms with van der Waals surface area (Å²) in [4.78, 5) is 0.253. The highest BCUT2D eigenvalue weighted by Gasteiger charge is 2.17. The van der Waals surface area contributed by atoms with E-state index in [2.05, 4.69) is 4.72 Å². The van der Waals surface area contributed by atoms with Gasteiger partial charge in [-0.2, -0.15) is 0 Å². The van der Waals surface area contributed by atoms with Crippen LogP contribution < -0.4 is 4.72 Å². The van der Waals surface area contributed by atoms with Gasteiger partial charge in [0, 0.05) is 13.7 Å². The molecule has 0 fully saturated rings. The van der Waals surface area contributed by atoms with Gasteiger partial charge in [0.2, 0.25) is 10.0 Å². The summed E-state index contributed by atoms with van der Waals surface area (Å²) in [5.41, 5.74) is 0.936. The number of benzene rings is 2. The normalized spacial score (nSPS) is 13.1. The second kappa shape index (κ2) is 6.65. The maximum absolute atomic E-state index is 12.1. The summed E-state index contributed by atoms with van der Waals surface area (Å²) < 4.78 is 32.1. The van der Waals surface area contributed by atoms with E-state index >= 15 is 0 Å². The summed E-state index contributed by atoms with van der Waals surface area (Å²) >= 11 is 0. The Morgan fingerprint density at radius 3 is 2.10 bits per heavy atom. The van der Waals surface area contributed by atoms with E-state index in [0.717, 1.165) is 5.56 Å². The Balaban J connectivity index is 2.07. The number of hydrogen-bond donors (Lipinski definition) is 1. The first kappa shape index (κ1) is 14.7. The SMILES string of the molecule is CO[C@H](CNS(=O)(=O)c1ccccc1)c1ccccc1. The molecule has 0 aliphatic rings. The Bertz CT molecular complexity index is 627. The Kier molecular flexibility index (Phi) is 4.89. The van der Waals surface area contributed by atoms with Gasteiger partial charge in [-0.15, -0.1) is 0 Å². The molecule has 2 aromatic carbocycles. The summed E-state index contributed by atoms with van der Waals surface area (Å²) in [5.74, 6) is 0. The minimum absolute atomic E-state index is 0.192. The van der Waals surface area contributed by atoms with Gasteiger partial charge >= 0.3 is 0 Å². The highest BCUT2D eigenvalue weighted by Crippen LogP contribution is 2.16. The Morgan fingerprint density at radius 1 is 1.00 bits per heavy atom. The monoisotopic (exact) mass is 291 g/mol. The van der Waals surface area contributed by atoms with E-state index in [1.165, 1.54) is 0 Å². The third-order valence-corrected chi connectivity index (χ3v) is 4.41. The van der Waals surface area contributed by atoms with Crippen LogP contribution in [-0.4, -0.2) is 22.1 Å². The molecular formula is C15H17NO3S. The van der Waals surface area contributed by atoms with Crippen LogP contribution in [0, 0.1) is 0 Å². The number of sulfonamides is 1. The Labute approximate surface area is 119 Å². The van der Waals surface area contributed by atoms with Crippen molar-refractivity contribution >= 4 is 10.0 Å². The fraction of sp³-hybridized carbons (Fsp3) is 0.200. The molecule has 0 unspecified atom stereocenters. The van der Waals surface area contributed by atoms with Crippen LogP contribution in [0.5, 0.6) is 0 Å². The maximum Gasteiger partial charge on any atom is 0.240 e. The molecule has 0 saturated heterocycles. The number of methoxy groups -OCH3 is 1. The van der Waals surface area contributed by atoms with Crippen molar-refractivity contribution in [2.45, 2.75) is 11.0 Å². The molecule has 1 atom stereocenters. The lowest BCUT2D eigenvalue weighted by Crippen LogP contribution is -2.29. The number of nitrogens with one attached hydrogen (secondary N) is 1. The van der Waals surface area contributed by atoms with Crippen LogP contribution in [0.3, 0.4) is 0 Å². The van der Waals surface area contributed by atoms with Crippen LogP contribution in [0.1, 0.15) is 11.7 Å². The molecule has 2 rings (SSSR count). The van der Waals surface area contributed by atoms with Crippen molar-refractivity contribution in [1.82, 2.24) is 4.72 Å². The average molecular weight is 291 g/mol. The standard InChI is InChI=1S/C15H17NO3S/c1-19-15(13-8-4-2-5-9-13)12-16-20(17,18)14-10-6-3-7-11-14/h2-11,15-16H,12H2,1H3/t15-/m1/s1. The topological polar surface area (TPSA) is 55.4 Å². The van der Waals surface area contributed by atoms with Gasteiger partial charge in [0.15, 0.2) is 0 Å². The molecule has 0 aromatic heterocycles. The molecule has 4 nitrogen and oxygen atoms in total. The van der Waals surface area contributed by atoms with Crippen molar-refractivity contribution in [3.8, 4) is 0 Å². The molecule has 0 heterocycles. The van der Waals surface area contributed by atoms with E-state index in [9.17, 15) is 8.42 Å². The van der Waals surface area contributed by atoms with E-state index in [1.54, 1.807) is 37.4 Å². The Morgan fingerprint density at radius 2 is 1.55 bits per heavy atom. The molecule has 20 heavy (non-hydrogen) atoms. The number of hydrogen-bond acceptors (Lipinski definition) is 3. The van der Waals surface area contributed by atoms with Crippen molar-refractivity contribution < 1.29 is 13.2 Å². The molecular weight excluding hydrogens is 274 g/mol. The first-order chi connectivity index (χ1) is 9.63. The lowest BCUT2D eigenvalue weighted by atomic mass is 10.1. The van der Waals surface area contributed by atoms with Gasteiger partial charge in [-0.05, 0) is 17.7 Å². The van der Waals surface area contributed by atoms with Gasteiger partial charge in [-0.3, -0.25) is 0 Å². The first-order valence-corrected chi connectivity index (χ1v) is 7.74. The van der Waals surface area contributed by atoms with E-state index in [4.69, 9.17) is 4.74 Å². The van der Waals surface area contributed by atoms with E-state index in [1.807, 2.05) is 30.3 Å². The lowest BCUT2D eigenvalue weighted by molar-refractivity contribution is 0.107. The second-order valence-electron chi connectivity index (χ2n) is 4.30. The van der Waals surface area contributed by atoms with Crippen molar-refractivity contribution in [3.05, 3.63) is 66.2 Å². The molecule has 0 saturated carbocycles. The van der Waals surface area contributed by atoms with Crippen molar-refractivity contribution in [2.75, 3.05) is 13.7 Å². The highest BCUT2D eigenvalue weighted by atomic mass is 32.2. The van der Waals surface area contributed by atoms with Gasteiger partial charge in [-0.1, -0.05) is 48.5 Å². The molecule has 0 radical (unpaired) electrons. The first-order valence-electron chi connectivity index (χ1n) is 6.26. The molecule has 0 spiro atoms. The molecule has 0 bridgehead atoms. The van der Waals surface area contributed by atoms with Crippen LogP contribution in [0.2, 0.25) is 0 Å². The molecule has 5 heteroatoms. The number of rotatable bonds is 6. The number of ether oxygens (including phenoxy) is 1. The van der Waals surface area contributed by atoms with Gasteiger partial charge in [0.25, 0.3) is 0 Å². The zero-order valence-electron chi connectivity index (χ0n) is 11.2. The zero-order chi connectivity index (χ0) is 14.4. The van der Waals surface area contributed by atoms with Crippen molar-refractivity contribution in [3.63, 3.8) is 0 Å². The molecule has 0 aliphatic heterocycles. The maximum atomic E-state index is 12.1. The fourth-order valence-electron chi connectivity index (χ4n) is 1.87. The largest absolute Gasteiger partial charge is 0.375 e. The zero-order valence-corrected chi connectivity index (χ0v) is 12.0. The minimum Gasteiger partial charge on any atom is -0.375 e. The van der Waals surface area contributed by atoms with Gasteiger partial charge in [0.1, 0.15) is 0 Å². The van der Waals surface area contributed by atoms with Crippen LogP contribution in [-0.2, 0) is 14.8 Å². The molecule has 1 N–H and O–H groups in total. The van der Waals surface area contributed by atoms with Gasteiger partial charge < -0.3 is 4.74 Å². The summed E-state index contributed by atoms with van der Waals surface area (Å²) in [6.07, 6.45) is -0.310. The second-order valence-corrected chi connectivity index (χ2v) is 6.07. The highest BCUT2D eigenvalue weighted by molar-refractivity contribution is 7.89. The molecule has 2 aromatic rings. The van der Waals surface area contributed by atoms with Crippen LogP contribution in [0.15, 0.2) is 65.6 Å². The van der Waals surface area contributed by atoms with E-state index in [-0.39, 0.29) is 17.5 Å². The average Bonchev–Trinajstić information content (AvgIpc) is 2.50. The summed E-state index contributed by atoms with van der Waals surface area (Å²) in [6.45, 7) is 0.192. The van der Waals surface area contributed by atoms with E-state index in [0.29, 0.717) is 0 Å². The van der Waals surface area contributed by atoms with Crippen LogP contribution in [0.4, 0.5) is 0 Å². The summed E-state index contributed by atoms with van der Waals surface area (Å²) in [5, 5.41) is 0. The molecule has 0 amide bonds. The van der Waals surface area contributed by atoms with Gasteiger partial charge in [0.05, 0.1) is 11.0 Å². The van der Waals surface area contributed by atoms with Gasteiger partial charge in [-0.25, -0.2) is 13.1 Å². The third-order valence-electron chi connectivity index (χ3n) is 2.97. The van der Waals surface area contributed by atoms with E-state index < -0.39 is 10.0 Å². The smallest absolute Gasteiger partial charge is 0.240 e. The Hall–Kier alpha value is -1.69. The van der Waals surface area contributed by atoms with Crippen LogP contribution >= 0.6 is 0 Å². The third kappa shape index (κ3) is 3.66. The predicted octanol–water partition coefficient (Wildman–Crippen LogP) is 2.35. The fourth-order valence-corrected chi connectivity index (χ4v) is 2.93. The minimum atomic E-state index is -3.50. The van der Waals surface area contributed by atoms with Crippen molar-refractivity contribution in [2.24, 2.45) is 0 Å². The van der Waals surface area contributed by atoms with Crippen LogP contribution in [0.25, 0.3) is 0 Å². The lowest BCUT2D eigenvalue weighted by Gasteiger charge is -2.16. The quantitative estimate of drug-likeness (QED) is 0.889. The summed E-state index contributed by atoms with van der Waals surface area (Å²) in [6, 6.07) is 17.8. The predicted molar refractivity (Wildman–Crippen MR) is 77.8 cm³/mol.